The first-order valence-corrected chi connectivity index (χ1v) is 12.7. The van der Waals surface area contributed by atoms with Gasteiger partial charge in [-0.1, -0.05) is 36.4 Å². The van der Waals surface area contributed by atoms with Crippen molar-refractivity contribution in [1.29, 1.82) is 0 Å². The summed E-state index contributed by atoms with van der Waals surface area (Å²) in [4.78, 5) is 23.4. The van der Waals surface area contributed by atoms with E-state index in [0.29, 0.717) is 5.52 Å². The Morgan fingerprint density at radius 3 is 2.48 bits per heavy atom. The number of aromatic nitrogens is 2. The second kappa shape index (κ2) is 9.44. The summed E-state index contributed by atoms with van der Waals surface area (Å²) in [6, 6.07) is 19.3. The van der Waals surface area contributed by atoms with Crippen LogP contribution in [0.2, 0.25) is 0 Å². The summed E-state index contributed by atoms with van der Waals surface area (Å²) in [6.45, 7) is 1.93. The van der Waals surface area contributed by atoms with Crippen molar-refractivity contribution >= 4 is 55.2 Å². The molecule has 9 heteroatoms. The Kier molecular flexibility index (Phi) is 6.61. The first kappa shape index (κ1) is 23.1. The van der Waals surface area contributed by atoms with Crippen molar-refractivity contribution in [3.8, 4) is 0 Å². The van der Waals surface area contributed by atoms with Crippen LogP contribution in [0.3, 0.4) is 0 Å². The van der Waals surface area contributed by atoms with E-state index in [1.54, 1.807) is 42.3 Å². The molecule has 1 heterocycles. The molecule has 4 rings (SSSR count). The van der Waals surface area contributed by atoms with E-state index >= 15 is 0 Å². The lowest BCUT2D eigenvalue weighted by molar-refractivity contribution is 0.0743. The molecular weight excluding hydrogens is 551 g/mol. The van der Waals surface area contributed by atoms with Gasteiger partial charge in [0.05, 0.1) is 22.8 Å². The number of halogens is 1. The average Bonchev–Trinajstić information content (AvgIpc) is 2.82. The van der Waals surface area contributed by atoms with E-state index in [0.717, 1.165) is 9.13 Å². The van der Waals surface area contributed by atoms with Crippen LogP contribution < -0.4 is 4.72 Å². The Labute approximate surface area is 206 Å². The fourth-order valence-electron chi connectivity index (χ4n) is 3.49. The third-order valence-electron chi connectivity index (χ3n) is 5.39. The smallest absolute Gasteiger partial charge is 0.264 e. The Morgan fingerprint density at radius 2 is 1.73 bits per heavy atom. The van der Waals surface area contributed by atoms with Crippen molar-refractivity contribution < 1.29 is 13.2 Å². The van der Waals surface area contributed by atoms with Gasteiger partial charge in [0.1, 0.15) is 10.4 Å². The number of carbonyl (C=O) groups is 1. The summed E-state index contributed by atoms with van der Waals surface area (Å²) in [5, 5.41) is 0. The van der Waals surface area contributed by atoms with Crippen molar-refractivity contribution in [2.24, 2.45) is 0 Å². The minimum Gasteiger partial charge on any atom is -0.335 e. The molecule has 1 unspecified atom stereocenters. The van der Waals surface area contributed by atoms with Gasteiger partial charge in [0.2, 0.25) is 0 Å². The lowest BCUT2D eigenvalue weighted by Crippen LogP contribution is -2.30. The van der Waals surface area contributed by atoms with Crippen LogP contribution in [0.25, 0.3) is 11.0 Å². The van der Waals surface area contributed by atoms with Crippen LogP contribution >= 0.6 is 22.6 Å². The molecule has 168 valence electrons. The van der Waals surface area contributed by atoms with Crippen molar-refractivity contribution in [2.45, 2.75) is 17.9 Å². The zero-order chi connectivity index (χ0) is 23.6. The number of nitrogens with one attached hydrogen (secondary N) is 1. The molecule has 0 aliphatic heterocycles. The number of fused-ring (bicyclic) bond motifs is 1. The van der Waals surface area contributed by atoms with E-state index in [1.165, 1.54) is 18.5 Å². The maximum Gasteiger partial charge on any atom is 0.264 e. The molecule has 0 saturated heterocycles. The lowest BCUT2D eigenvalue weighted by atomic mass is 10.1. The normalized spacial score (nSPS) is 12.3. The topological polar surface area (TPSA) is 92.3 Å². The predicted octanol–water partition coefficient (Wildman–Crippen LogP) is 4.87. The van der Waals surface area contributed by atoms with Gasteiger partial charge in [-0.2, -0.15) is 0 Å². The van der Waals surface area contributed by atoms with Gasteiger partial charge in [-0.05, 0) is 65.4 Å². The van der Waals surface area contributed by atoms with Gasteiger partial charge in [0.15, 0.2) is 0 Å². The molecule has 0 radical (unpaired) electrons. The fraction of sp³-hybridized carbons (Fsp3) is 0.125. The Morgan fingerprint density at radius 1 is 1.00 bits per heavy atom. The van der Waals surface area contributed by atoms with Crippen molar-refractivity contribution in [3.63, 3.8) is 0 Å². The fourth-order valence-corrected chi connectivity index (χ4v) is 5.22. The van der Waals surface area contributed by atoms with E-state index in [-0.39, 0.29) is 33.6 Å². The Balaban J connectivity index is 1.71. The molecule has 3 aromatic carbocycles. The molecule has 0 fully saturated rings. The number of nitrogens with zero attached hydrogens (tertiary/aromatic N) is 3. The maximum atomic E-state index is 13.4. The van der Waals surface area contributed by atoms with Gasteiger partial charge in [0.25, 0.3) is 15.9 Å². The summed E-state index contributed by atoms with van der Waals surface area (Å²) >= 11 is 2.08. The first-order valence-electron chi connectivity index (χ1n) is 10.1. The van der Waals surface area contributed by atoms with Crippen LogP contribution in [0.1, 0.15) is 28.9 Å². The molecule has 0 spiro atoms. The molecule has 0 bridgehead atoms. The summed E-state index contributed by atoms with van der Waals surface area (Å²) < 4.78 is 30.0. The number of amides is 1. The molecular formula is C24H21IN4O3S. The minimum atomic E-state index is -4.04. The number of hydrogen-bond acceptors (Lipinski definition) is 5. The second-order valence-corrected chi connectivity index (χ2v) is 10.4. The van der Waals surface area contributed by atoms with Gasteiger partial charge in [-0.15, -0.1) is 0 Å². The molecule has 1 atom stereocenters. The van der Waals surface area contributed by atoms with Crippen LogP contribution in [0.4, 0.5) is 5.69 Å². The SMILES string of the molecule is CC(c1ccccc1)N(C)C(=O)c1ccc(I)cc1NS(=O)(=O)c1cccc2nccnc12. The molecule has 7 nitrogen and oxygen atoms in total. The number of para-hydroxylation sites is 1. The summed E-state index contributed by atoms with van der Waals surface area (Å²) in [5.74, 6) is -0.293. The third-order valence-corrected chi connectivity index (χ3v) is 7.46. The van der Waals surface area contributed by atoms with Gasteiger partial charge in [-0.25, -0.2) is 8.42 Å². The van der Waals surface area contributed by atoms with E-state index in [4.69, 9.17) is 0 Å². The summed E-state index contributed by atoms with van der Waals surface area (Å²) in [5.41, 5.74) is 2.18. The summed E-state index contributed by atoms with van der Waals surface area (Å²) in [7, 11) is -2.33. The van der Waals surface area contributed by atoms with E-state index < -0.39 is 10.0 Å². The second-order valence-electron chi connectivity index (χ2n) is 7.48. The van der Waals surface area contributed by atoms with Gasteiger partial charge < -0.3 is 4.90 Å². The average molecular weight is 572 g/mol. The third kappa shape index (κ3) is 4.83. The van der Waals surface area contributed by atoms with Crippen LogP contribution in [0.15, 0.2) is 84.0 Å². The molecule has 1 N–H and O–H groups in total. The number of hydrogen-bond donors (Lipinski definition) is 1. The van der Waals surface area contributed by atoms with Crippen LogP contribution in [-0.4, -0.2) is 36.2 Å². The zero-order valence-corrected chi connectivity index (χ0v) is 20.9. The van der Waals surface area contributed by atoms with Crippen LogP contribution in [0, 0.1) is 3.57 Å². The highest BCUT2D eigenvalue weighted by atomic mass is 127. The van der Waals surface area contributed by atoms with E-state index in [1.807, 2.05) is 37.3 Å². The van der Waals surface area contributed by atoms with Crippen LogP contribution in [0.5, 0.6) is 0 Å². The highest BCUT2D eigenvalue weighted by molar-refractivity contribution is 14.1. The predicted molar refractivity (Wildman–Crippen MR) is 136 cm³/mol. The van der Waals surface area contributed by atoms with Crippen LogP contribution in [-0.2, 0) is 10.0 Å². The van der Waals surface area contributed by atoms with Gasteiger partial charge >= 0.3 is 0 Å². The number of rotatable bonds is 6. The molecule has 0 aliphatic rings. The highest BCUT2D eigenvalue weighted by Crippen LogP contribution is 2.28. The molecule has 4 aromatic rings. The van der Waals surface area contributed by atoms with Crippen molar-refractivity contribution in [1.82, 2.24) is 14.9 Å². The molecule has 1 amide bonds. The zero-order valence-electron chi connectivity index (χ0n) is 17.9. The van der Waals surface area contributed by atoms with Gasteiger partial charge in [-0.3, -0.25) is 19.5 Å². The first-order chi connectivity index (χ1) is 15.8. The number of benzene rings is 3. The maximum absolute atomic E-state index is 13.4. The highest BCUT2D eigenvalue weighted by Gasteiger charge is 2.25. The largest absolute Gasteiger partial charge is 0.335 e. The monoisotopic (exact) mass is 572 g/mol. The minimum absolute atomic E-state index is 0.00336. The number of sulfonamides is 1. The summed E-state index contributed by atoms with van der Waals surface area (Å²) in [6.07, 6.45) is 2.95. The number of carbonyl (C=O) groups excluding carboxylic acids is 1. The van der Waals surface area contributed by atoms with E-state index in [9.17, 15) is 13.2 Å². The molecule has 0 saturated carbocycles. The standard InChI is InChI=1S/C24H21IN4O3S/c1-16(17-7-4-3-5-8-17)29(2)24(30)19-12-11-18(25)15-21(19)28-33(31,32)22-10-6-9-20-23(22)27-14-13-26-20/h3-16,28H,1-2H3. The molecule has 0 aliphatic carbocycles. The molecule has 33 heavy (non-hydrogen) atoms. The lowest BCUT2D eigenvalue weighted by Gasteiger charge is -2.26. The Bertz CT molecular complexity index is 1420. The quantitative estimate of drug-likeness (QED) is 0.333. The van der Waals surface area contributed by atoms with Gasteiger partial charge in [0, 0.05) is 23.0 Å². The number of anilines is 1. The van der Waals surface area contributed by atoms with Crippen molar-refractivity contribution in [2.75, 3.05) is 11.8 Å². The molecule has 1 aromatic heterocycles. The Hall–Kier alpha value is -3.05. The van der Waals surface area contributed by atoms with E-state index in [2.05, 4.69) is 37.3 Å². The van der Waals surface area contributed by atoms with Crippen molar-refractivity contribution in [3.05, 3.63) is 93.8 Å².